The summed E-state index contributed by atoms with van der Waals surface area (Å²) < 4.78 is 5.78. The van der Waals surface area contributed by atoms with Crippen molar-refractivity contribution >= 4 is 17.2 Å². The average Bonchev–Trinajstić information content (AvgIpc) is 2.30. The van der Waals surface area contributed by atoms with Crippen LogP contribution in [0.3, 0.4) is 0 Å². The lowest BCUT2D eigenvalue weighted by Crippen LogP contribution is -2.25. The molecular weight excluding hydrogens is 196 g/mol. The van der Waals surface area contributed by atoms with E-state index >= 15 is 0 Å². The van der Waals surface area contributed by atoms with E-state index in [1.807, 2.05) is 34.6 Å². The predicted molar refractivity (Wildman–Crippen MR) is 60.5 cm³/mol. The molecule has 1 aromatic rings. The van der Waals surface area contributed by atoms with Crippen molar-refractivity contribution in [3.05, 3.63) is 9.88 Å². The molecule has 1 aromatic heterocycles. The quantitative estimate of drug-likeness (QED) is 0.841. The molecule has 1 rings (SSSR count). The van der Waals surface area contributed by atoms with E-state index in [4.69, 9.17) is 10.5 Å². The summed E-state index contributed by atoms with van der Waals surface area (Å²) in [6.45, 7) is 10.1. The van der Waals surface area contributed by atoms with Gasteiger partial charge in [-0.2, -0.15) is 0 Å². The highest BCUT2D eigenvalue weighted by molar-refractivity contribution is 7.12. The fourth-order valence-electron chi connectivity index (χ4n) is 1.31. The van der Waals surface area contributed by atoms with E-state index in [0.717, 1.165) is 9.88 Å². The first-order chi connectivity index (χ1) is 6.33. The van der Waals surface area contributed by atoms with Gasteiger partial charge in [0.05, 0.1) is 6.10 Å². The van der Waals surface area contributed by atoms with E-state index in [-0.39, 0.29) is 11.7 Å². The molecule has 0 aromatic carbocycles. The topological polar surface area (TPSA) is 48.1 Å². The smallest absolute Gasteiger partial charge is 0.137 e. The van der Waals surface area contributed by atoms with Gasteiger partial charge in [0, 0.05) is 4.88 Å². The number of anilines is 1. The lowest BCUT2D eigenvalue weighted by atomic mass is 10.1. The Kier molecular flexibility index (Phi) is 3.17. The highest BCUT2D eigenvalue weighted by Crippen LogP contribution is 2.32. The SMILES string of the molecule is Cc1sc(C(C)(C)OC(C)C)nc1N. The maximum atomic E-state index is 5.78. The Labute approximate surface area is 89.3 Å². The monoisotopic (exact) mass is 214 g/mol. The number of hydrogen-bond acceptors (Lipinski definition) is 4. The Morgan fingerprint density at radius 3 is 2.36 bits per heavy atom. The van der Waals surface area contributed by atoms with Crippen molar-refractivity contribution in [2.45, 2.75) is 46.3 Å². The molecule has 1 heterocycles. The van der Waals surface area contributed by atoms with Crippen LogP contribution in [0, 0.1) is 6.92 Å². The first-order valence-corrected chi connectivity index (χ1v) is 5.56. The number of nitrogens with two attached hydrogens (primary N) is 1. The number of nitrogens with zero attached hydrogens (tertiary/aromatic N) is 1. The zero-order chi connectivity index (χ0) is 10.9. The number of aryl methyl sites for hydroxylation is 1. The van der Waals surface area contributed by atoms with Gasteiger partial charge in [0.1, 0.15) is 16.4 Å². The van der Waals surface area contributed by atoms with Crippen LogP contribution in [0.1, 0.15) is 37.6 Å². The normalized spacial score (nSPS) is 12.4. The largest absolute Gasteiger partial charge is 0.383 e. The van der Waals surface area contributed by atoms with E-state index < -0.39 is 0 Å². The molecule has 0 spiro atoms. The molecule has 4 heteroatoms. The van der Waals surface area contributed by atoms with E-state index in [0.29, 0.717) is 5.82 Å². The highest BCUT2D eigenvalue weighted by Gasteiger charge is 2.27. The summed E-state index contributed by atoms with van der Waals surface area (Å²) in [6.07, 6.45) is 0.190. The third-order valence-electron chi connectivity index (χ3n) is 1.88. The number of ether oxygens (including phenoxy) is 1. The standard InChI is InChI=1S/C10H18N2OS/c1-6(2)13-10(4,5)9-12-8(11)7(3)14-9/h6H,11H2,1-5H3. The molecule has 0 saturated carbocycles. The Morgan fingerprint density at radius 2 is 2.00 bits per heavy atom. The molecule has 80 valence electrons. The fraction of sp³-hybridized carbons (Fsp3) is 0.700. The molecular formula is C10H18N2OS. The minimum absolute atomic E-state index is 0.190. The van der Waals surface area contributed by atoms with Crippen LogP contribution in [0.25, 0.3) is 0 Å². The Bertz CT molecular complexity index is 298. The van der Waals surface area contributed by atoms with Crippen LogP contribution in [0.2, 0.25) is 0 Å². The second-order valence-electron chi connectivity index (χ2n) is 4.14. The summed E-state index contributed by atoms with van der Waals surface area (Å²) in [5.41, 5.74) is 5.37. The molecule has 3 nitrogen and oxygen atoms in total. The number of aromatic nitrogens is 1. The Morgan fingerprint density at radius 1 is 1.43 bits per heavy atom. The maximum Gasteiger partial charge on any atom is 0.137 e. The third-order valence-corrected chi connectivity index (χ3v) is 3.17. The molecule has 0 fully saturated rings. The van der Waals surface area contributed by atoms with Crippen LogP contribution in [0.15, 0.2) is 0 Å². The average molecular weight is 214 g/mol. The molecule has 0 atom stereocenters. The minimum Gasteiger partial charge on any atom is -0.383 e. The summed E-state index contributed by atoms with van der Waals surface area (Å²) in [4.78, 5) is 5.36. The highest BCUT2D eigenvalue weighted by atomic mass is 32.1. The first kappa shape index (κ1) is 11.5. The molecule has 14 heavy (non-hydrogen) atoms. The van der Waals surface area contributed by atoms with Crippen LogP contribution in [-0.2, 0) is 10.3 Å². The van der Waals surface area contributed by atoms with E-state index in [2.05, 4.69) is 4.98 Å². The summed E-state index contributed by atoms with van der Waals surface area (Å²) >= 11 is 1.60. The van der Waals surface area contributed by atoms with Crippen LogP contribution in [0.4, 0.5) is 5.82 Å². The van der Waals surface area contributed by atoms with Gasteiger partial charge in [-0.05, 0) is 34.6 Å². The summed E-state index contributed by atoms with van der Waals surface area (Å²) in [6, 6.07) is 0. The second-order valence-corrected chi connectivity index (χ2v) is 5.34. The summed E-state index contributed by atoms with van der Waals surface area (Å²) in [5.74, 6) is 0.616. The van der Waals surface area contributed by atoms with Crippen molar-refractivity contribution < 1.29 is 4.74 Å². The molecule has 2 N–H and O–H groups in total. The van der Waals surface area contributed by atoms with Crippen molar-refractivity contribution in [3.8, 4) is 0 Å². The van der Waals surface area contributed by atoms with Crippen molar-refractivity contribution in [2.24, 2.45) is 0 Å². The minimum atomic E-state index is -0.346. The number of nitrogen functional groups attached to an aromatic ring is 1. The predicted octanol–water partition coefficient (Wildman–Crippen LogP) is 2.69. The Hall–Kier alpha value is -0.610. The van der Waals surface area contributed by atoms with Crippen LogP contribution in [-0.4, -0.2) is 11.1 Å². The third kappa shape index (κ3) is 2.45. The molecule has 0 bridgehead atoms. The van der Waals surface area contributed by atoms with Gasteiger partial charge in [-0.25, -0.2) is 4.98 Å². The molecule has 0 unspecified atom stereocenters. The zero-order valence-electron chi connectivity index (χ0n) is 9.42. The van der Waals surface area contributed by atoms with Gasteiger partial charge in [0.15, 0.2) is 0 Å². The van der Waals surface area contributed by atoms with Crippen molar-refractivity contribution in [2.75, 3.05) is 5.73 Å². The van der Waals surface area contributed by atoms with Gasteiger partial charge < -0.3 is 10.5 Å². The molecule has 0 aliphatic heterocycles. The molecule has 0 radical (unpaired) electrons. The second kappa shape index (κ2) is 3.87. The molecule has 0 aliphatic carbocycles. The summed E-state index contributed by atoms with van der Waals surface area (Å²) in [5, 5.41) is 0.946. The van der Waals surface area contributed by atoms with Crippen molar-refractivity contribution in [1.82, 2.24) is 4.98 Å². The van der Waals surface area contributed by atoms with Gasteiger partial charge in [0.2, 0.25) is 0 Å². The van der Waals surface area contributed by atoms with Crippen molar-refractivity contribution in [3.63, 3.8) is 0 Å². The van der Waals surface area contributed by atoms with Crippen molar-refractivity contribution in [1.29, 1.82) is 0 Å². The van der Waals surface area contributed by atoms with Crippen LogP contribution in [0.5, 0.6) is 0 Å². The fourth-order valence-corrected chi connectivity index (χ4v) is 2.18. The number of rotatable bonds is 3. The van der Waals surface area contributed by atoms with Gasteiger partial charge in [-0.15, -0.1) is 11.3 Å². The van der Waals surface area contributed by atoms with E-state index in [1.165, 1.54) is 0 Å². The van der Waals surface area contributed by atoms with Gasteiger partial charge >= 0.3 is 0 Å². The van der Waals surface area contributed by atoms with Gasteiger partial charge in [-0.1, -0.05) is 0 Å². The molecule has 0 saturated heterocycles. The molecule has 0 aliphatic rings. The zero-order valence-corrected chi connectivity index (χ0v) is 10.2. The van der Waals surface area contributed by atoms with E-state index in [1.54, 1.807) is 11.3 Å². The molecule has 0 amide bonds. The number of thiazole rings is 1. The lowest BCUT2D eigenvalue weighted by molar-refractivity contribution is -0.0600. The van der Waals surface area contributed by atoms with Gasteiger partial charge in [0.25, 0.3) is 0 Å². The van der Waals surface area contributed by atoms with Crippen LogP contribution < -0.4 is 5.73 Å². The maximum absolute atomic E-state index is 5.78. The van der Waals surface area contributed by atoms with Gasteiger partial charge in [-0.3, -0.25) is 0 Å². The lowest BCUT2D eigenvalue weighted by Gasteiger charge is -2.25. The Balaban J connectivity index is 2.91. The van der Waals surface area contributed by atoms with E-state index in [9.17, 15) is 0 Å². The number of hydrogen-bond donors (Lipinski definition) is 1. The first-order valence-electron chi connectivity index (χ1n) is 4.74. The summed E-state index contributed by atoms with van der Waals surface area (Å²) in [7, 11) is 0. The van der Waals surface area contributed by atoms with Crippen LogP contribution >= 0.6 is 11.3 Å².